The van der Waals surface area contributed by atoms with Crippen molar-refractivity contribution in [2.75, 3.05) is 5.73 Å². The van der Waals surface area contributed by atoms with Gasteiger partial charge in [0.05, 0.1) is 5.97 Å². The number of benzene rings is 1. The van der Waals surface area contributed by atoms with Crippen LogP contribution in [0.1, 0.15) is 10.4 Å². The van der Waals surface area contributed by atoms with Gasteiger partial charge in [0.25, 0.3) is 0 Å². The fourth-order valence-corrected chi connectivity index (χ4v) is 0.666. The molecule has 0 unspecified atom stereocenters. The van der Waals surface area contributed by atoms with Gasteiger partial charge in [-0.1, -0.05) is 12.1 Å². The third-order valence-corrected chi connectivity index (χ3v) is 1.12. The van der Waals surface area contributed by atoms with Gasteiger partial charge in [-0.05, 0) is 17.7 Å². The fourth-order valence-electron chi connectivity index (χ4n) is 0.666. The second-order valence-corrected chi connectivity index (χ2v) is 1.91. The Morgan fingerprint density at radius 3 is 2.45 bits per heavy atom. The summed E-state index contributed by atoms with van der Waals surface area (Å²) >= 11 is 0. The molecule has 0 aromatic heterocycles. The molecule has 4 heteroatoms. The number of nitrogen functional groups attached to an aromatic ring is 1. The van der Waals surface area contributed by atoms with Gasteiger partial charge in [0.1, 0.15) is 0 Å². The van der Waals surface area contributed by atoms with Gasteiger partial charge in [0.15, 0.2) is 0 Å². The molecule has 0 fully saturated rings. The van der Waals surface area contributed by atoms with Crippen molar-refractivity contribution >= 4 is 11.7 Å². The second-order valence-electron chi connectivity index (χ2n) is 1.91. The summed E-state index contributed by atoms with van der Waals surface area (Å²) in [5.74, 6) is -1.20. The van der Waals surface area contributed by atoms with Crippen LogP contribution in [0.25, 0.3) is 0 Å². The molecule has 0 heterocycles. The first-order valence-corrected chi connectivity index (χ1v) is 2.77. The number of hydrogen-bond donors (Lipinski definition) is 1. The quantitative estimate of drug-likeness (QED) is 0.358. The molecule has 0 saturated heterocycles. The minimum atomic E-state index is -1.20. The third kappa shape index (κ3) is 3.35. The first kappa shape index (κ1) is 11.1. The average Bonchev–Trinajstić information content (AvgIpc) is 1.88. The third-order valence-electron chi connectivity index (χ3n) is 1.12. The molecule has 0 spiro atoms. The van der Waals surface area contributed by atoms with Crippen LogP contribution in [0.15, 0.2) is 24.3 Å². The molecule has 0 bridgehead atoms. The topological polar surface area (TPSA) is 66.2 Å². The maximum atomic E-state index is 10.2. The van der Waals surface area contributed by atoms with Crippen LogP contribution in [-0.4, -0.2) is 5.97 Å². The number of carbonyl (C=O) groups is 1. The maximum Gasteiger partial charge on any atom is 1.00 e. The molecular formula is C7H6KNO2. The summed E-state index contributed by atoms with van der Waals surface area (Å²) in [7, 11) is 0. The van der Waals surface area contributed by atoms with E-state index >= 15 is 0 Å². The van der Waals surface area contributed by atoms with Gasteiger partial charge in [0, 0.05) is 5.69 Å². The van der Waals surface area contributed by atoms with E-state index in [4.69, 9.17) is 5.73 Å². The summed E-state index contributed by atoms with van der Waals surface area (Å²) in [6, 6.07) is 5.98. The van der Waals surface area contributed by atoms with Gasteiger partial charge in [-0.15, -0.1) is 0 Å². The van der Waals surface area contributed by atoms with Crippen molar-refractivity contribution in [2.45, 2.75) is 0 Å². The number of carboxylic acid groups (broad SMARTS) is 1. The summed E-state index contributed by atoms with van der Waals surface area (Å²) in [6.07, 6.45) is 0. The van der Waals surface area contributed by atoms with Crippen molar-refractivity contribution in [2.24, 2.45) is 0 Å². The summed E-state index contributed by atoms with van der Waals surface area (Å²) in [5, 5.41) is 10.2. The molecule has 52 valence electrons. The van der Waals surface area contributed by atoms with Crippen molar-refractivity contribution in [3.05, 3.63) is 29.8 Å². The van der Waals surface area contributed by atoms with Gasteiger partial charge >= 0.3 is 51.4 Å². The zero-order chi connectivity index (χ0) is 7.56. The van der Waals surface area contributed by atoms with Gasteiger partial charge in [-0.25, -0.2) is 0 Å². The van der Waals surface area contributed by atoms with Crippen LogP contribution in [0, 0.1) is 0 Å². The van der Waals surface area contributed by atoms with Gasteiger partial charge < -0.3 is 15.6 Å². The molecule has 1 rings (SSSR count). The summed E-state index contributed by atoms with van der Waals surface area (Å²) in [5.41, 5.74) is 5.85. The molecule has 0 aliphatic rings. The Labute approximate surface area is 107 Å². The fraction of sp³-hybridized carbons (Fsp3) is 0. The van der Waals surface area contributed by atoms with Crippen molar-refractivity contribution in [1.29, 1.82) is 0 Å². The second kappa shape index (κ2) is 4.90. The Hall–Kier alpha value is 0.126. The average molecular weight is 175 g/mol. The Kier molecular flexibility index (Phi) is 4.95. The van der Waals surface area contributed by atoms with Crippen LogP contribution in [0.2, 0.25) is 0 Å². The predicted molar refractivity (Wildman–Crippen MR) is 35.2 cm³/mol. The molecule has 0 aliphatic heterocycles. The molecular weight excluding hydrogens is 169 g/mol. The van der Waals surface area contributed by atoms with E-state index in [9.17, 15) is 9.90 Å². The predicted octanol–water partition coefficient (Wildman–Crippen LogP) is -3.36. The van der Waals surface area contributed by atoms with E-state index in [0.717, 1.165) is 0 Å². The zero-order valence-electron chi connectivity index (χ0n) is 6.20. The Morgan fingerprint density at radius 1 is 1.45 bits per heavy atom. The van der Waals surface area contributed by atoms with E-state index < -0.39 is 5.97 Å². The molecule has 0 atom stereocenters. The number of carboxylic acids is 1. The normalized spacial score (nSPS) is 8.36. The number of aromatic carboxylic acids is 1. The van der Waals surface area contributed by atoms with Crippen LogP contribution in [0.4, 0.5) is 5.69 Å². The SMILES string of the molecule is Nc1cccc(C(=O)[O-])c1.[K+]. The van der Waals surface area contributed by atoms with Crippen LogP contribution < -0.4 is 62.2 Å². The number of anilines is 1. The maximum absolute atomic E-state index is 10.2. The largest absolute Gasteiger partial charge is 1.00 e. The number of nitrogens with two attached hydrogens (primary N) is 1. The Morgan fingerprint density at radius 2 is 2.09 bits per heavy atom. The van der Waals surface area contributed by atoms with Gasteiger partial charge in [0.2, 0.25) is 0 Å². The molecule has 0 saturated carbocycles. The van der Waals surface area contributed by atoms with Crippen LogP contribution >= 0.6 is 0 Å². The molecule has 0 amide bonds. The first-order valence-electron chi connectivity index (χ1n) is 2.77. The van der Waals surface area contributed by atoms with Crippen LogP contribution in [0.3, 0.4) is 0 Å². The van der Waals surface area contributed by atoms with Gasteiger partial charge in [-0.3, -0.25) is 0 Å². The smallest absolute Gasteiger partial charge is 0.545 e. The van der Waals surface area contributed by atoms with Crippen LogP contribution in [0.5, 0.6) is 0 Å². The summed E-state index contributed by atoms with van der Waals surface area (Å²) < 4.78 is 0. The monoisotopic (exact) mass is 175 g/mol. The van der Waals surface area contributed by atoms with E-state index in [1.807, 2.05) is 0 Å². The number of carbonyl (C=O) groups excluding carboxylic acids is 1. The molecule has 0 radical (unpaired) electrons. The Bertz CT molecular complexity index is 262. The molecule has 1 aromatic rings. The Balaban J connectivity index is 0.000001000. The summed E-state index contributed by atoms with van der Waals surface area (Å²) in [6.45, 7) is 0. The van der Waals surface area contributed by atoms with Crippen LogP contribution in [-0.2, 0) is 0 Å². The molecule has 11 heavy (non-hydrogen) atoms. The minimum Gasteiger partial charge on any atom is -0.545 e. The standard InChI is InChI=1S/C7H7NO2.K/c8-6-3-1-2-5(4-6)7(9)10;/h1-4H,8H2,(H,9,10);/q;+1/p-1. The van der Waals surface area contributed by atoms with Gasteiger partial charge in [-0.2, -0.15) is 0 Å². The van der Waals surface area contributed by atoms with E-state index in [1.165, 1.54) is 12.1 Å². The first-order chi connectivity index (χ1) is 4.70. The van der Waals surface area contributed by atoms with Crippen molar-refractivity contribution in [3.8, 4) is 0 Å². The molecule has 3 nitrogen and oxygen atoms in total. The van der Waals surface area contributed by atoms with E-state index in [1.54, 1.807) is 12.1 Å². The van der Waals surface area contributed by atoms with Crippen molar-refractivity contribution in [3.63, 3.8) is 0 Å². The van der Waals surface area contributed by atoms with Crippen molar-refractivity contribution in [1.82, 2.24) is 0 Å². The minimum absolute atomic E-state index is 0. The zero-order valence-corrected chi connectivity index (χ0v) is 9.33. The number of rotatable bonds is 1. The molecule has 1 aromatic carbocycles. The van der Waals surface area contributed by atoms with E-state index in [-0.39, 0.29) is 56.9 Å². The molecule has 2 N–H and O–H groups in total. The molecule has 0 aliphatic carbocycles. The summed E-state index contributed by atoms with van der Waals surface area (Å²) in [4.78, 5) is 10.2. The van der Waals surface area contributed by atoms with Crippen molar-refractivity contribution < 1.29 is 61.3 Å². The van der Waals surface area contributed by atoms with E-state index in [0.29, 0.717) is 5.69 Å². The van der Waals surface area contributed by atoms with E-state index in [2.05, 4.69) is 0 Å². The number of hydrogen-bond acceptors (Lipinski definition) is 3.